The fraction of sp³-hybridized carbons (Fsp3) is 0.0556. The molecule has 0 aliphatic carbocycles. The van der Waals surface area contributed by atoms with Gasteiger partial charge in [0, 0.05) is 28.9 Å². The standard InChI is InChI=1S/C18H13NO/c1-12-17(14-6-4-10-19-11-14)18-15-7-3-2-5-13(15)8-9-16(18)20-12/h2-11H,1H3. The highest BCUT2D eigenvalue weighted by atomic mass is 16.3. The Morgan fingerprint density at radius 1 is 0.950 bits per heavy atom. The molecule has 4 aromatic rings. The molecule has 0 aliphatic heterocycles. The summed E-state index contributed by atoms with van der Waals surface area (Å²) in [5.74, 6) is 0.935. The molecule has 0 aliphatic rings. The van der Waals surface area contributed by atoms with E-state index in [1.165, 1.54) is 16.2 Å². The summed E-state index contributed by atoms with van der Waals surface area (Å²) in [5.41, 5.74) is 3.17. The Hall–Kier alpha value is -2.61. The highest BCUT2D eigenvalue weighted by Crippen LogP contribution is 2.38. The summed E-state index contributed by atoms with van der Waals surface area (Å²) < 4.78 is 5.93. The van der Waals surface area contributed by atoms with Crippen molar-refractivity contribution in [3.05, 3.63) is 66.7 Å². The maximum atomic E-state index is 5.93. The van der Waals surface area contributed by atoms with Crippen molar-refractivity contribution in [3.63, 3.8) is 0 Å². The lowest BCUT2D eigenvalue weighted by Gasteiger charge is -2.03. The molecule has 0 N–H and O–H groups in total. The Labute approximate surface area is 116 Å². The fourth-order valence-corrected chi connectivity index (χ4v) is 2.84. The van der Waals surface area contributed by atoms with Crippen LogP contribution in [0, 0.1) is 6.92 Å². The van der Waals surface area contributed by atoms with E-state index < -0.39 is 0 Å². The first kappa shape index (κ1) is 11.2. The molecule has 0 bridgehead atoms. The molecule has 20 heavy (non-hydrogen) atoms. The van der Waals surface area contributed by atoms with Crippen LogP contribution in [0.25, 0.3) is 32.9 Å². The van der Waals surface area contributed by atoms with Crippen molar-refractivity contribution >= 4 is 21.7 Å². The van der Waals surface area contributed by atoms with E-state index in [2.05, 4.69) is 41.4 Å². The van der Waals surface area contributed by atoms with Crippen molar-refractivity contribution in [1.82, 2.24) is 4.98 Å². The SMILES string of the molecule is Cc1oc2ccc3ccccc3c2c1-c1cccnc1. The third kappa shape index (κ3) is 1.55. The van der Waals surface area contributed by atoms with Crippen molar-refractivity contribution < 1.29 is 4.42 Å². The van der Waals surface area contributed by atoms with Crippen molar-refractivity contribution in [3.8, 4) is 11.1 Å². The lowest BCUT2D eigenvalue weighted by atomic mass is 9.99. The number of hydrogen-bond acceptors (Lipinski definition) is 2. The quantitative estimate of drug-likeness (QED) is 0.483. The van der Waals surface area contributed by atoms with Gasteiger partial charge in [-0.2, -0.15) is 0 Å². The number of nitrogens with zero attached hydrogens (tertiary/aromatic N) is 1. The van der Waals surface area contributed by atoms with Crippen molar-refractivity contribution in [1.29, 1.82) is 0 Å². The lowest BCUT2D eigenvalue weighted by molar-refractivity contribution is 0.580. The number of hydrogen-bond donors (Lipinski definition) is 0. The second-order valence-corrected chi connectivity index (χ2v) is 4.93. The Morgan fingerprint density at radius 2 is 1.85 bits per heavy atom. The number of fused-ring (bicyclic) bond motifs is 3. The van der Waals surface area contributed by atoms with Crippen LogP contribution in [0.5, 0.6) is 0 Å². The van der Waals surface area contributed by atoms with Crippen LogP contribution < -0.4 is 0 Å². The first-order valence-electron chi connectivity index (χ1n) is 6.66. The first-order chi connectivity index (χ1) is 9.84. The summed E-state index contributed by atoms with van der Waals surface area (Å²) in [5, 5.41) is 3.63. The highest BCUT2D eigenvalue weighted by molar-refractivity contribution is 6.13. The summed E-state index contributed by atoms with van der Waals surface area (Å²) in [7, 11) is 0. The average molecular weight is 259 g/mol. The number of aromatic nitrogens is 1. The number of benzene rings is 2. The summed E-state index contributed by atoms with van der Waals surface area (Å²) in [4.78, 5) is 4.23. The lowest BCUT2D eigenvalue weighted by Crippen LogP contribution is -1.81. The molecule has 96 valence electrons. The van der Waals surface area contributed by atoms with Crippen LogP contribution >= 0.6 is 0 Å². The van der Waals surface area contributed by atoms with Crippen LogP contribution in [0.15, 0.2) is 65.3 Å². The maximum Gasteiger partial charge on any atom is 0.135 e. The molecule has 2 heterocycles. The summed E-state index contributed by atoms with van der Waals surface area (Å²) in [6, 6.07) is 16.6. The molecule has 0 atom stereocenters. The smallest absolute Gasteiger partial charge is 0.135 e. The molecule has 4 rings (SSSR count). The molecule has 0 saturated carbocycles. The Morgan fingerprint density at radius 3 is 2.70 bits per heavy atom. The van der Waals surface area contributed by atoms with Crippen LogP contribution in [-0.2, 0) is 0 Å². The molecule has 2 heteroatoms. The fourth-order valence-electron chi connectivity index (χ4n) is 2.84. The molecule has 0 amide bonds. The van der Waals surface area contributed by atoms with Crippen molar-refractivity contribution in [2.24, 2.45) is 0 Å². The summed E-state index contributed by atoms with van der Waals surface area (Å²) in [6.45, 7) is 2.01. The van der Waals surface area contributed by atoms with Gasteiger partial charge in [-0.05, 0) is 29.8 Å². The molecule has 0 saturated heterocycles. The molecule has 2 aromatic heterocycles. The topological polar surface area (TPSA) is 26.0 Å². The Balaban J connectivity index is 2.20. The second kappa shape index (κ2) is 4.20. The molecule has 0 radical (unpaired) electrons. The normalized spacial score (nSPS) is 11.2. The van der Waals surface area contributed by atoms with Crippen molar-refractivity contribution in [2.75, 3.05) is 0 Å². The zero-order chi connectivity index (χ0) is 13.5. The van der Waals surface area contributed by atoms with E-state index in [0.29, 0.717) is 0 Å². The Bertz CT molecular complexity index is 907. The van der Waals surface area contributed by atoms with Gasteiger partial charge >= 0.3 is 0 Å². The van der Waals surface area contributed by atoms with Gasteiger partial charge in [0.15, 0.2) is 0 Å². The second-order valence-electron chi connectivity index (χ2n) is 4.93. The van der Waals surface area contributed by atoms with Crippen LogP contribution in [-0.4, -0.2) is 4.98 Å². The van der Waals surface area contributed by atoms with Gasteiger partial charge in [0.25, 0.3) is 0 Å². The van der Waals surface area contributed by atoms with Crippen LogP contribution in [0.1, 0.15) is 5.76 Å². The minimum atomic E-state index is 0.931. The van der Waals surface area contributed by atoms with Gasteiger partial charge in [0.2, 0.25) is 0 Å². The molecular formula is C18H13NO. The molecule has 2 nitrogen and oxygen atoms in total. The third-order valence-corrected chi connectivity index (χ3v) is 3.71. The van der Waals surface area contributed by atoms with E-state index in [1.807, 2.05) is 25.3 Å². The summed E-state index contributed by atoms with van der Waals surface area (Å²) >= 11 is 0. The first-order valence-corrected chi connectivity index (χ1v) is 6.66. The zero-order valence-corrected chi connectivity index (χ0v) is 11.1. The van der Waals surface area contributed by atoms with Gasteiger partial charge in [-0.15, -0.1) is 0 Å². The van der Waals surface area contributed by atoms with Gasteiger partial charge in [-0.1, -0.05) is 36.4 Å². The van der Waals surface area contributed by atoms with Crippen molar-refractivity contribution in [2.45, 2.75) is 6.92 Å². The molecule has 0 fully saturated rings. The molecule has 0 unspecified atom stereocenters. The van der Waals surface area contributed by atoms with Crippen LogP contribution in [0.3, 0.4) is 0 Å². The average Bonchev–Trinajstić information content (AvgIpc) is 2.84. The van der Waals surface area contributed by atoms with Gasteiger partial charge in [0.1, 0.15) is 11.3 Å². The van der Waals surface area contributed by atoms with Crippen LogP contribution in [0.4, 0.5) is 0 Å². The van der Waals surface area contributed by atoms with E-state index in [1.54, 1.807) is 6.20 Å². The predicted octanol–water partition coefficient (Wildman–Crippen LogP) is 4.96. The summed E-state index contributed by atoms with van der Waals surface area (Å²) in [6.07, 6.45) is 3.68. The highest BCUT2D eigenvalue weighted by Gasteiger charge is 2.15. The predicted molar refractivity (Wildman–Crippen MR) is 81.7 cm³/mol. The minimum absolute atomic E-state index is 0.931. The Kier molecular flexibility index (Phi) is 2.36. The number of rotatable bonds is 1. The third-order valence-electron chi connectivity index (χ3n) is 3.71. The molecule has 2 aromatic carbocycles. The molecular weight excluding hydrogens is 246 g/mol. The number of aryl methyl sites for hydroxylation is 1. The van der Waals surface area contributed by atoms with Gasteiger partial charge in [-0.25, -0.2) is 0 Å². The largest absolute Gasteiger partial charge is 0.461 e. The number of furan rings is 1. The van der Waals surface area contributed by atoms with E-state index in [-0.39, 0.29) is 0 Å². The van der Waals surface area contributed by atoms with Crippen LogP contribution in [0.2, 0.25) is 0 Å². The van der Waals surface area contributed by atoms with E-state index >= 15 is 0 Å². The van der Waals surface area contributed by atoms with E-state index in [9.17, 15) is 0 Å². The minimum Gasteiger partial charge on any atom is -0.461 e. The maximum absolute atomic E-state index is 5.93. The zero-order valence-electron chi connectivity index (χ0n) is 11.1. The monoisotopic (exact) mass is 259 g/mol. The van der Waals surface area contributed by atoms with Gasteiger partial charge < -0.3 is 4.42 Å². The van der Waals surface area contributed by atoms with E-state index in [4.69, 9.17) is 4.42 Å². The van der Waals surface area contributed by atoms with E-state index in [0.717, 1.165) is 22.5 Å². The van der Waals surface area contributed by atoms with Gasteiger partial charge in [0.05, 0.1) is 0 Å². The van der Waals surface area contributed by atoms with Gasteiger partial charge in [-0.3, -0.25) is 4.98 Å². The number of pyridine rings is 1. The molecule has 0 spiro atoms.